The summed E-state index contributed by atoms with van der Waals surface area (Å²) in [7, 11) is -2.71. The Hall–Kier alpha value is -3.33. The minimum Gasteiger partial charge on any atom is -0.444 e. The topological polar surface area (TPSA) is 51.7 Å². The third-order valence-electron chi connectivity index (χ3n) is 6.78. The van der Waals surface area contributed by atoms with Crippen LogP contribution in [0.1, 0.15) is 32.8 Å². The molecule has 4 rings (SSSR count). The van der Waals surface area contributed by atoms with E-state index in [1.807, 2.05) is 42.5 Å². The third kappa shape index (κ3) is 6.86. The molecule has 3 aromatic carbocycles. The van der Waals surface area contributed by atoms with Gasteiger partial charge in [-0.05, 0) is 49.4 Å². The molecule has 0 unspecified atom stereocenters. The fourth-order valence-corrected chi connectivity index (χ4v) is 9.83. The second-order valence-corrected chi connectivity index (χ2v) is 15.7. The summed E-state index contributed by atoms with van der Waals surface area (Å²) in [6.07, 6.45) is 1.35. The Balaban J connectivity index is 1.56. The lowest BCUT2D eigenvalue weighted by Crippen LogP contribution is -2.66. The van der Waals surface area contributed by atoms with Crippen LogP contribution in [-0.2, 0) is 15.8 Å². The highest BCUT2D eigenvalue weighted by atomic mass is 79.9. The number of benzene rings is 3. The summed E-state index contributed by atoms with van der Waals surface area (Å²) in [5.74, 6) is -0.642. The zero-order chi connectivity index (χ0) is 28.6. The summed E-state index contributed by atoms with van der Waals surface area (Å²) in [5, 5.41) is 2.23. The van der Waals surface area contributed by atoms with E-state index in [2.05, 4.69) is 90.2 Å². The van der Waals surface area contributed by atoms with Crippen molar-refractivity contribution in [1.29, 1.82) is 0 Å². The third-order valence-corrected chi connectivity index (χ3v) is 12.4. The van der Waals surface area contributed by atoms with E-state index in [-0.39, 0.29) is 16.1 Å². The molecule has 0 saturated carbocycles. The van der Waals surface area contributed by atoms with Gasteiger partial charge < -0.3 is 9.16 Å². The first-order chi connectivity index (χ1) is 19.2. The number of halogens is 2. The van der Waals surface area contributed by atoms with Gasteiger partial charge in [-0.2, -0.15) is 4.39 Å². The Kier molecular flexibility index (Phi) is 9.89. The highest BCUT2D eigenvalue weighted by molar-refractivity contribution is 9.10. The van der Waals surface area contributed by atoms with Crippen LogP contribution < -0.4 is 15.3 Å². The average Bonchev–Trinajstić information content (AvgIpc) is 2.96. The smallest absolute Gasteiger partial charge is 0.414 e. The molecule has 1 amide bonds. The molecule has 1 aromatic heterocycles. The van der Waals surface area contributed by atoms with Gasteiger partial charge in [0.2, 0.25) is 5.95 Å². The summed E-state index contributed by atoms with van der Waals surface area (Å²) in [4.78, 5) is 18.5. The number of carbonyl (C=O) groups excluding carboxylic acids is 1. The van der Waals surface area contributed by atoms with Crippen LogP contribution in [0.2, 0.25) is 5.04 Å². The maximum absolute atomic E-state index is 13.9. The van der Waals surface area contributed by atoms with Crippen molar-refractivity contribution in [2.45, 2.75) is 38.8 Å². The van der Waals surface area contributed by atoms with Crippen LogP contribution in [-0.4, -0.2) is 32.5 Å². The van der Waals surface area contributed by atoms with E-state index in [0.717, 1.165) is 5.56 Å². The molecular formula is C32H34BrFN2O3Si. The molecule has 0 aliphatic carbocycles. The number of carbonyl (C=O) groups is 1. The van der Waals surface area contributed by atoms with Gasteiger partial charge in [-0.3, -0.25) is 4.90 Å². The van der Waals surface area contributed by atoms with Crippen molar-refractivity contribution in [2.24, 2.45) is 0 Å². The molecule has 0 N–H and O–H groups in total. The van der Waals surface area contributed by atoms with Crippen molar-refractivity contribution >= 4 is 46.4 Å². The number of nitrogens with zero attached hydrogens (tertiary/aromatic N) is 2. The summed E-state index contributed by atoms with van der Waals surface area (Å²) >= 11 is 3.19. The van der Waals surface area contributed by atoms with Crippen LogP contribution in [0.5, 0.6) is 0 Å². The minimum absolute atomic E-state index is 0.129. The summed E-state index contributed by atoms with van der Waals surface area (Å²) in [6.45, 7) is 7.55. The lowest BCUT2D eigenvalue weighted by molar-refractivity contribution is 0.146. The molecule has 0 bridgehead atoms. The van der Waals surface area contributed by atoms with E-state index < -0.39 is 20.4 Å². The van der Waals surface area contributed by atoms with Crippen LogP contribution in [0.15, 0.2) is 108 Å². The van der Waals surface area contributed by atoms with Crippen LogP contribution in [0.3, 0.4) is 0 Å². The Morgan fingerprint density at radius 3 is 2.00 bits per heavy atom. The molecule has 8 heteroatoms. The standard InChI is InChI=1S/C32H34BrFN2O3Si/c1-32(2,3)40(27-16-9-5-10-17-27,28-18-11-6-12-19-28)39-21-13-20-36(26-22-29(33)30(34)35-23-26)31(37)38-24-25-14-7-4-8-15-25/h4-12,14-19,22-23H,13,20-21,24H2,1-3H3. The predicted molar refractivity (Wildman–Crippen MR) is 164 cm³/mol. The minimum atomic E-state index is -2.71. The van der Waals surface area contributed by atoms with Gasteiger partial charge in [-0.1, -0.05) is 112 Å². The molecule has 0 spiro atoms. The first-order valence-corrected chi connectivity index (χ1v) is 16.0. The number of pyridine rings is 1. The Bertz CT molecular complexity index is 1350. The maximum atomic E-state index is 13.9. The molecule has 0 radical (unpaired) electrons. The van der Waals surface area contributed by atoms with Crippen molar-refractivity contribution in [2.75, 3.05) is 18.1 Å². The lowest BCUT2D eigenvalue weighted by atomic mass is 10.2. The monoisotopic (exact) mass is 620 g/mol. The molecule has 208 valence electrons. The molecular weight excluding hydrogens is 587 g/mol. The SMILES string of the molecule is CC(C)(C)[Si](OCCCN(C(=O)OCc1ccccc1)c1cnc(F)c(Br)c1)(c1ccccc1)c1ccccc1. The van der Waals surface area contributed by atoms with Crippen LogP contribution in [0, 0.1) is 5.95 Å². The van der Waals surface area contributed by atoms with Crippen molar-refractivity contribution in [1.82, 2.24) is 4.98 Å². The van der Waals surface area contributed by atoms with Gasteiger partial charge in [0.15, 0.2) is 0 Å². The Morgan fingerprint density at radius 1 is 0.925 bits per heavy atom. The molecule has 4 aromatic rings. The first-order valence-electron chi connectivity index (χ1n) is 13.3. The fraction of sp³-hybridized carbons (Fsp3) is 0.250. The van der Waals surface area contributed by atoms with Crippen LogP contribution >= 0.6 is 15.9 Å². The van der Waals surface area contributed by atoms with Gasteiger partial charge in [-0.15, -0.1) is 0 Å². The Labute approximate surface area is 245 Å². The summed E-state index contributed by atoms with van der Waals surface area (Å²) < 4.78 is 26.7. The van der Waals surface area contributed by atoms with Gasteiger partial charge in [-0.25, -0.2) is 9.78 Å². The first kappa shape index (κ1) is 29.6. The van der Waals surface area contributed by atoms with Gasteiger partial charge in [0.05, 0.1) is 16.4 Å². The van der Waals surface area contributed by atoms with E-state index >= 15 is 0 Å². The molecule has 0 aliphatic heterocycles. The molecule has 0 saturated heterocycles. The van der Waals surface area contributed by atoms with Crippen molar-refractivity contribution < 1.29 is 18.3 Å². The molecule has 5 nitrogen and oxygen atoms in total. The van der Waals surface area contributed by atoms with Crippen molar-refractivity contribution in [3.05, 3.63) is 119 Å². The summed E-state index contributed by atoms with van der Waals surface area (Å²) in [5.41, 5.74) is 1.32. The lowest BCUT2D eigenvalue weighted by Gasteiger charge is -2.43. The number of hydrogen-bond acceptors (Lipinski definition) is 4. The zero-order valence-corrected chi connectivity index (χ0v) is 25.6. The number of ether oxygens (including phenoxy) is 1. The average molecular weight is 622 g/mol. The van der Waals surface area contributed by atoms with Crippen LogP contribution in [0.25, 0.3) is 0 Å². The van der Waals surface area contributed by atoms with Crippen molar-refractivity contribution in [3.8, 4) is 0 Å². The largest absolute Gasteiger partial charge is 0.444 e. The van der Waals surface area contributed by atoms with E-state index in [1.54, 1.807) is 0 Å². The normalized spacial score (nSPS) is 11.7. The number of hydrogen-bond donors (Lipinski definition) is 0. The van der Waals surface area contributed by atoms with E-state index in [0.29, 0.717) is 25.3 Å². The fourth-order valence-electron chi connectivity index (χ4n) is 4.89. The van der Waals surface area contributed by atoms with Gasteiger partial charge in [0.1, 0.15) is 6.61 Å². The number of amides is 1. The zero-order valence-electron chi connectivity index (χ0n) is 23.0. The molecule has 0 fully saturated rings. The van der Waals surface area contributed by atoms with Gasteiger partial charge >= 0.3 is 6.09 Å². The molecule has 1 heterocycles. The second kappa shape index (κ2) is 13.3. The second-order valence-electron chi connectivity index (χ2n) is 10.5. The highest BCUT2D eigenvalue weighted by Crippen LogP contribution is 2.36. The quantitative estimate of drug-likeness (QED) is 0.108. The molecule has 0 aliphatic rings. The molecule has 40 heavy (non-hydrogen) atoms. The van der Waals surface area contributed by atoms with Crippen molar-refractivity contribution in [3.63, 3.8) is 0 Å². The number of anilines is 1. The Morgan fingerprint density at radius 2 is 1.48 bits per heavy atom. The van der Waals surface area contributed by atoms with E-state index in [9.17, 15) is 9.18 Å². The predicted octanol–water partition coefficient (Wildman–Crippen LogP) is 7.09. The van der Waals surface area contributed by atoms with E-state index in [4.69, 9.17) is 9.16 Å². The highest BCUT2D eigenvalue weighted by Gasteiger charge is 2.50. The van der Waals surface area contributed by atoms with Gasteiger partial charge in [0.25, 0.3) is 8.32 Å². The maximum Gasteiger partial charge on any atom is 0.414 e. The van der Waals surface area contributed by atoms with Gasteiger partial charge in [0, 0.05) is 13.2 Å². The number of aromatic nitrogens is 1. The van der Waals surface area contributed by atoms with Crippen LogP contribution in [0.4, 0.5) is 14.9 Å². The summed E-state index contributed by atoms with van der Waals surface area (Å²) in [6, 6.07) is 31.9. The molecule has 0 atom stereocenters. The number of rotatable bonds is 10. The van der Waals surface area contributed by atoms with E-state index in [1.165, 1.54) is 27.5 Å².